The normalized spacial score (nSPS) is 14.4. The van der Waals surface area contributed by atoms with E-state index in [0.29, 0.717) is 6.42 Å². The minimum atomic E-state index is -1.19. The van der Waals surface area contributed by atoms with Gasteiger partial charge in [0.25, 0.3) is 0 Å². The Bertz CT molecular complexity index is 589. The van der Waals surface area contributed by atoms with E-state index in [9.17, 15) is 14.4 Å². The highest BCUT2D eigenvalue weighted by atomic mass is 16.4. The molecule has 2 amide bonds. The van der Waals surface area contributed by atoms with Crippen molar-refractivity contribution in [3.63, 3.8) is 0 Å². The van der Waals surface area contributed by atoms with E-state index in [1.165, 1.54) is 0 Å². The second-order valence-electron chi connectivity index (χ2n) is 6.31. The summed E-state index contributed by atoms with van der Waals surface area (Å²) in [6.07, 6.45) is 0.215. The van der Waals surface area contributed by atoms with E-state index in [2.05, 4.69) is 10.6 Å². The first-order valence-electron chi connectivity index (χ1n) is 8.39. The maximum absolute atomic E-state index is 12.6. The summed E-state index contributed by atoms with van der Waals surface area (Å²) < 4.78 is 0. The Morgan fingerprint density at radius 1 is 1.08 bits per heavy atom. The Balaban J connectivity index is 2.79. The molecular weight excluding hydrogens is 322 g/mol. The van der Waals surface area contributed by atoms with E-state index in [-0.39, 0.29) is 17.9 Å². The number of amides is 2. The van der Waals surface area contributed by atoms with Crippen molar-refractivity contribution >= 4 is 17.8 Å². The van der Waals surface area contributed by atoms with Crippen molar-refractivity contribution in [3.05, 3.63) is 35.9 Å². The molecule has 0 aromatic heterocycles. The lowest BCUT2D eigenvalue weighted by molar-refractivity contribution is -0.139. The van der Waals surface area contributed by atoms with Crippen LogP contribution in [0.15, 0.2) is 30.3 Å². The Hall–Kier alpha value is -2.41. The number of nitrogens with one attached hydrogen (secondary N) is 2. The number of aliphatic carboxylic acids is 1. The minimum absolute atomic E-state index is 0.167. The molecule has 0 aliphatic heterocycles. The van der Waals surface area contributed by atoms with Crippen LogP contribution < -0.4 is 16.4 Å². The number of carbonyl (C=O) groups is 3. The molecule has 7 heteroatoms. The number of carbonyl (C=O) groups excluding carboxylic acids is 2. The fourth-order valence-corrected chi connectivity index (χ4v) is 2.44. The zero-order valence-electron chi connectivity index (χ0n) is 14.9. The SMILES string of the molecule is CC[C@H](NC(=O)[C@H](NC(=O)C(N)CC(=O)O)C(C)C)c1ccccc1. The molecule has 0 bridgehead atoms. The molecule has 7 nitrogen and oxygen atoms in total. The van der Waals surface area contributed by atoms with Gasteiger partial charge in [-0.15, -0.1) is 0 Å². The zero-order chi connectivity index (χ0) is 19.0. The van der Waals surface area contributed by atoms with Gasteiger partial charge in [-0.1, -0.05) is 51.1 Å². The largest absolute Gasteiger partial charge is 0.481 e. The quantitative estimate of drug-likeness (QED) is 0.534. The summed E-state index contributed by atoms with van der Waals surface area (Å²) in [5, 5.41) is 14.2. The fourth-order valence-electron chi connectivity index (χ4n) is 2.44. The molecule has 1 aromatic carbocycles. The van der Waals surface area contributed by atoms with Crippen LogP contribution in [0, 0.1) is 5.92 Å². The van der Waals surface area contributed by atoms with Gasteiger partial charge in [0.2, 0.25) is 11.8 Å². The third-order valence-electron chi connectivity index (χ3n) is 3.90. The van der Waals surface area contributed by atoms with Gasteiger partial charge in [-0.3, -0.25) is 14.4 Å². The first-order chi connectivity index (χ1) is 11.8. The third kappa shape index (κ3) is 6.54. The summed E-state index contributed by atoms with van der Waals surface area (Å²) in [5.41, 5.74) is 6.54. The molecule has 0 spiro atoms. The molecule has 138 valence electrons. The highest BCUT2D eigenvalue weighted by molar-refractivity contribution is 5.91. The predicted molar refractivity (Wildman–Crippen MR) is 94.6 cm³/mol. The van der Waals surface area contributed by atoms with Gasteiger partial charge in [0.1, 0.15) is 6.04 Å². The van der Waals surface area contributed by atoms with Gasteiger partial charge in [0.15, 0.2) is 0 Å². The summed E-state index contributed by atoms with van der Waals surface area (Å²) >= 11 is 0. The van der Waals surface area contributed by atoms with Crippen molar-refractivity contribution in [1.29, 1.82) is 0 Å². The third-order valence-corrected chi connectivity index (χ3v) is 3.90. The molecule has 0 saturated carbocycles. The molecule has 0 aliphatic rings. The average Bonchev–Trinajstić information content (AvgIpc) is 2.56. The van der Waals surface area contributed by atoms with Gasteiger partial charge in [-0.05, 0) is 17.9 Å². The molecule has 25 heavy (non-hydrogen) atoms. The predicted octanol–water partition coefficient (Wildman–Crippen LogP) is 1.20. The van der Waals surface area contributed by atoms with Crippen LogP contribution >= 0.6 is 0 Å². The van der Waals surface area contributed by atoms with Gasteiger partial charge in [0.05, 0.1) is 18.5 Å². The van der Waals surface area contributed by atoms with E-state index < -0.39 is 30.4 Å². The van der Waals surface area contributed by atoms with Crippen LogP contribution in [0.3, 0.4) is 0 Å². The second-order valence-corrected chi connectivity index (χ2v) is 6.31. The summed E-state index contributed by atoms with van der Waals surface area (Å²) in [6.45, 7) is 5.57. The van der Waals surface area contributed by atoms with Crippen molar-refractivity contribution in [3.8, 4) is 0 Å². The number of rotatable bonds is 9. The maximum atomic E-state index is 12.6. The van der Waals surface area contributed by atoms with Gasteiger partial charge in [-0.2, -0.15) is 0 Å². The van der Waals surface area contributed by atoms with Crippen LogP contribution in [-0.4, -0.2) is 35.0 Å². The lowest BCUT2D eigenvalue weighted by Crippen LogP contribution is -2.54. The van der Waals surface area contributed by atoms with Crippen molar-refractivity contribution in [2.24, 2.45) is 11.7 Å². The number of carboxylic acids is 1. The molecule has 0 heterocycles. The van der Waals surface area contributed by atoms with Gasteiger partial charge < -0.3 is 21.5 Å². The van der Waals surface area contributed by atoms with E-state index in [1.807, 2.05) is 37.3 Å². The van der Waals surface area contributed by atoms with Crippen LogP contribution in [0.5, 0.6) is 0 Å². The number of hydrogen-bond donors (Lipinski definition) is 4. The molecule has 0 saturated heterocycles. The highest BCUT2D eigenvalue weighted by Gasteiger charge is 2.28. The van der Waals surface area contributed by atoms with Crippen LogP contribution in [0.4, 0.5) is 0 Å². The Morgan fingerprint density at radius 2 is 1.68 bits per heavy atom. The monoisotopic (exact) mass is 349 g/mol. The van der Waals surface area contributed by atoms with E-state index in [4.69, 9.17) is 10.8 Å². The average molecular weight is 349 g/mol. The topological polar surface area (TPSA) is 122 Å². The van der Waals surface area contributed by atoms with Crippen LogP contribution in [0.1, 0.15) is 45.2 Å². The molecule has 0 aliphatic carbocycles. The maximum Gasteiger partial charge on any atom is 0.305 e. The number of carboxylic acid groups (broad SMARTS) is 1. The van der Waals surface area contributed by atoms with Gasteiger partial charge >= 0.3 is 5.97 Å². The molecule has 0 radical (unpaired) electrons. The summed E-state index contributed by atoms with van der Waals surface area (Å²) in [4.78, 5) is 35.3. The van der Waals surface area contributed by atoms with Crippen LogP contribution in [0.25, 0.3) is 0 Å². The Morgan fingerprint density at radius 3 is 2.16 bits per heavy atom. The molecule has 3 atom stereocenters. The lowest BCUT2D eigenvalue weighted by Gasteiger charge is -2.26. The van der Waals surface area contributed by atoms with Crippen LogP contribution in [-0.2, 0) is 14.4 Å². The van der Waals surface area contributed by atoms with Crippen molar-refractivity contribution in [2.45, 2.75) is 51.7 Å². The van der Waals surface area contributed by atoms with Gasteiger partial charge in [0, 0.05) is 0 Å². The molecule has 0 fully saturated rings. The Kier molecular flexibility index (Phi) is 8.07. The second kappa shape index (κ2) is 9.78. The molecule has 1 aromatic rings. The number of nitrogens with two attached hydrogens (primary N) is 1. The van der Waals surface area contributed by atoms with E-state index >= 15 is 0 Å². The Labute approximate surface area is 148 Å². The lowest BCUT2D eigenvalue weighted by atomic mass is 10.00. The first-order valence-corrected chi connectivity index (χ1v) is 8.39. The molecule has 5 N–H and O–H groups in total. The molecule has 1 unspecified atom stereocenters. The molecular formula is C18H27N3O4. The number of benzene rings is 1. The minimum Gasteiger partial charge on any atom is -0.481 e. The fraction of sp³-hybridized carbons (Fsp3) is 0.500. The first kappa shape index (κ1) is 20.6. The molecule has 1 rings (SSSR count). The number of hydrogen-bond acceptors (Lipinski definition) is 4. The van der Waals surface area contributed by atoms with Crippen molar-refractivity contribution in [1.82, 2.24) is 10.6 Å². The summed E-state index contributed by atoms with van der Waals surface area (Å²) in [6, 6.07) is 7.42. The smallest absolute Gasteiger partial charge is 0.305 e. The summed E-state index contributed by atoms with van der Waals surface area (Å²) in [7, 11) is 0. The zero-order valence-corrected chi connectivity index (χ0v) is 14.9. The van der Waals surface area contributed by atoms with Crippen LogP contribution in [0.2, 0.25) is 0 Å². The van der Waals surface area contributed by atoms with E-state index in [0.717, 1.165) is 5.56 Å². The standard InChI is InChI=1S/C18H27N3O4/c1-4-14(12-8-6-5-7-9-12)20-18(25)16(11(2)3)21-17(24)13(19)10-15(22)23/h5-9,11,13-14,16H,4,10,19H2,1-3H3,(H,20,25)(H,21,24)(H,22,23)/t13?,14-,16+/m0/s1. The van der Waals surface area contributed by atoms with Gasteiger partial charge in [-0.25, -0.2) is 0 Å². The highest BCUT2D eigenvalue weighted by Crippen LogP contribution is 2.16. The summed E-state index contributed by atoms with van der Waals surface area (Å²) in [5.74, 6) is -2.30. The van der Waals surface area contributed by atoms with Crippen molar-refractivity contribution in [2.75, 3.05) is 0 Å². The van der Waals surface area contributed by atoms with E-state index in [1.54, 1.807) is 13.8 Å². The van der Waals surface area contributed by atoms with Crippen molar-refractivity contribution < 1.29 is 19.5 Å².